The Balaban J connectivity index is 1.64. The Kier molecular flexibility index (Phi) is 3.61. The van der Waals surface area contributed by atoms with E-state index in [4.69, 9.17) is 0 Å². The average Bonchev–Trinajstić information content (AvgIpc) is 2.88. The summed E-state index contributed by atoms with van der Waals surface area (Å²) in [7, 11) is 2.04. The summed E-state index contributed by atoms with van der Waals surface area (Å²) in [5, 5.41) is 9.82. The van der Waals surface area contributed by atoms with Gasteiger partial charge in [-0.05, 0) is 79.4 Å². The van der Waals surface area contributed by atoms with Crippen molar-refractivity contribution in [1.82, 2.24) is 4.90 Å². The molecule has 3 heteroatoms. The van der Waals surface area contributed by atoms with E-state index in [2.05, 4.69) is 18.7 Å². The van der Waals surface area contributed by atoms with Gasteiger partial charge in [0.15, 0.2) is 0 Å². The van der Waals surface area contributed by atoms with E-state index in [1.165, 1.54) is 38.5 Å². The van der Waals surface area contributed by atoms with Crippen molar-refractivity contribution in [2.45, 2.75) is 71.3 Å². The van der Waals surface area contributed by atoms with Crippen molar-refractivity contribution in [1.29, 1.82) is 0 Å². The lowest BCUT2D eigenvalue weighted by molar-refractivity contribution is -0.158. The maximum Gasteiger partial charge on any atom is 0.222 e. The van der Waals surface area contributed by atoms with Crippen LogP contribution in [0.3, 0.4) is 0 Å². The van der Waals surface area contributed by atoms with Crippen LogP contribution < -0.4 is 0 Å². The maximum atomic E-state index is 12.2. The highest BCUT2D eigenvalue weighted by atomic mass is 16.3. The molecular weight excluding hydrogens is 286 g/mol. The van der Waals surface area contributed by atoms with Crippen molar-refractivity contribution in [3.8, 4) is 0 Å². The number of carbonyl (C=O) groups excluding carboxylic acids is 1. The SMILES string of the molecule is CN1C(=O)CCC2(C)C3CCC4(C)C(CO)CCC4C3CCC12. The number of aliphatic hydroxyl groups is 1. The second-order valence-corrected chi connectivity index (χ2v) is 9.48. The number of likely N-dealkylation sites (tertiary alicyclic amines) is 1. The van der Waals surface area contributed by atoms with Crippen LogP contribution in [-0.2, 0) is 4.79 Å². The molecule has 0 bridgehead atoms. The Labute approximate surface area is 140 Å². The van der Waals surface area contributed by atoms with Gasteiger partial charge in [-0.1, -0.05) is 13.8 Å². The molecule has 7 atom stereocenters. The van der Waals surface area contributed by atoms with Gasteiger partial charge in [-0.15, -0.1) is 0 Å². The molecule has 1 amide bonds. The molecule has 0 radical (unpaired) electrons. The third kappa shape index (κ3) is 2.01. The monoisotopic (exact) mass is 319 g/mol. The second-order valence-electron chi connectivity index (χ2n) is 9.48. The minimum Gasteiger partial charge on any atom is -0.396 e. The third-order valence-electron chi connectivity index (χ3n) is 8.97. The number of fused-ring (bicyclic) bond motifs is 5. The fourth-order valence-electron chi connectivity index (χ4n) is 7.56. The summed E-state index contributed by atoms with van der Waals surface area (Å²) in [6.07, 6.45) is 9.45. The molecule has 0 aromatic heterocycles. The largest absolute Gasteiger partial charge is 0.396 e. The van der Waals surface area contributed by atoms with E-state index < -0.39 is 0 Å². The van der Waals surface area contributed by atoms with Crippen molar-refractivity contribution in [3.05, 3.63) is 0 Å². The van der Waals surface area contributed by atoms with Crippen molar-refractivity contribution in [2.24, 2.45) is 34.5 Å². The van der Waals surface area contributed by atoms with E-state index in [1.807, 2.05) is 7.05 Å². The number of hydrogen-bond donors (Lipinski definition) is 1. The molecule has 4 rings (SSSR count). The lowest BCUT2D eigenvalue weighted by Gasteiger charge is -2.61. The van der Waals surface area contributed by atoms with Crippen LogP contribution in [0.1, 0.15) is 65.2 Å². The topological polar surface area (TPSA) is 40.5 Å². The van der Waals surface area contributed by atoms with E-state index in [9.17, 15) is 9.90 Å². The first kappa shape index (κ1) is 15.9. The molecule has 1 aliphatic heterocycles. The van der Waals surface area contributed by atoms with E-state index in [0.29, 0.717) is 35.3 Å². The second kappa shape index (κ2) is 5.21. The number of nitrogens with zero attached hydrogens (tertiary/aromatic N) is 1. The van der Waals surface area contributed by atoms with Gasteiger partial charge in [0.2, 0.25) is 5.91 Å². The Bertz CT molecular complexity index is 506. The summed E-state index contributed by atoms with van der Waals surface area (Å²) in [6.45, 7) is 5.33. The summed E-state index contributed by atoms with van der Waals surface area (Å²) in [5.41, 5.74) is 0.694. The van der Waals surface area contributed by atoms with Crippen LogP contribution >= 0.6 is 0 Å². The number of amides is 1. The van der Waals surface area contributed by atoms with E-state index in [-0.39, 0.29) is 0 Å². The van der Waals surface area contributed by atoms with Gasteiger partial charge in [0.25, 0.3) is 0 Å². The van der Waals surface area contributed by atoms with Gasteiger partial charge in [0.1, 0.15) is 0 Å². The lowest BCUT2D eigenvalue weighted by atomic mass is 9.47. The maximum absolute atomic E-state index is 12.2. The van der Waals surface area contributed by atoms with Crippen molar-refractivity contribution in [3.63, 3.8) is 0 Å². The van der Waals surface area contributed by atoms with Crippen LogP contribution in [0.2, 0.25) is 0 Å². The summed E-state index contributed by atoms with van der Waals surface area (Å²) in [5.74, 6) is 3.29. The summed E-state index contributed by atoms with van der Waals surface area (Å²) >= 11 is 0. The van der Waals surface area contributed by atoms with Gasteiger partial charge >= 0.3 is 0 Å². The fraction of sp³-hybridized carbons (Fsp3) is 0.950. The molecule has 0 spiro atoms. The molecule has 3 saturated carbocycles. The van der Waals surface area contributed by atoms with Gasteiger partial charge in [0.05, 0.1) is 0 Å². The number of rotatable bonds is 1. The molecule has 130 valence electrons. The summed E-state index contributed by atoms with van der Waals surface area (Å²) in [4.78, 5) is 14.2. The van der Waals surface area contributed by atoms with Gasteiger partial charge in [-0.25, -0.2) is 0 Å². The van der Waals surface area contributed by atoms with Crippen LogP contribution in [0.15, 0.2) is 0 Å². The van der Waals surface area contributed by atoms with Gasteiger partial charge in [-0.2, -0.15) is 0 Å². The van der Waals surface area contributed by atoms with Gasteiger partial charge in [-0.3, -0.25) is 4.79 Å². The Morgan fingerprint density at radius 1 is 1.04 bits per heavy atom. The van der Waals surface area contributed by atoms with Crippen LogP contribution in [0, 0.1) is 34.5 Å². The van der Waals surface area contributed by atoms with Crippen LogP contribution in [0.5, 0.6) is 0 Å². The molecule has 3 nitrogen and oxygen atoms in total. The number of hydrogen-bond acceptors (Lipinski definition) is 2. The highest BCUT2D eigenvalue weighted by molar-refractivity contribution is 5.77. The van der Waals surface area contributed by atoms with Gasteiger partial charge in [0, 0.05) is 26.1 Å². The lowest BCUT2D eigenvalue weighted by Crippen LogP contribution is -2.61. The smallest absolute Gasteiger partial charge is 0.222 e. The van der Waals surface area contributed by atoms with Crippen molar-refractivity contribution < 1.29 is 9.90 Å². The van der Waals surface area contributed by atoms with E-state index in [1.54, 1.807) is 0 Å². The van der Waals surface area contributed by atoms with E-state index in [0.717, 1.165) is 30.6 Å². The highest BCUT2D eigenvalue weighted by Crippen LogP contribution is 2.65. The van der Waals surface area contributed by atoms with Crippen LogP contribution in [0.25, 0.3) is 0 Å². The Morgan fingerprint density at radius 2 is 1.78 bits per heavy atom. The molecule has 4 aliphatic rings. The van der Waals surface area contributed by atoms with E-state index >= 15 is 0 Å². The van der Waals surface area contributed by atoms with Crippen LogP contribution in [0.4, 0.5) is 0 Å². The first-order chi connectivity index (χ1) is 10.9. The summed E-state index contributed by atoms with van der Waals surface area (Å²) < 4.78 is 0. The first-order valence-corrected chi connectivity index (χ1v) is 9.78. The standard InChI is InChI=1S/C20H33NO2/c1-19-10-8-16-14(15(19)6-4-13(19)12-22)5-7-17-20(16,2)11-9-18(23)21(17)3/h13-17,22H,4-12H2,1-3H3. The normalized spacial score (nSPS) is 52.8. The molecule has 4 fully saturated rings. The molecule has 1 N–H and O–H groups in total. The molecule has 0 aromatic carbocycles. The highest BCUT2D eigenvalue weighted by Gasteiger charge is 2.60. The molecular formula is C20H33NO2. The number of piperidine rings is 1. The molecule has 7 unspecified atom stereocenters. The minimum atomic E-state index is 0.324. The zero-order valence-electron chi connectivity index (χ0n) is 15.1. The molecule has 1 saturated heterocycles. The number of carbonyl (C=O) groups is 1. The quantitative estimate of drug-likeness (QED) is 0.804. The molecule has 23 heavy (non-hydrogen) atoms. The zero-order valence-corrected chi connectivity index (χ0v) is 15.1. The van der Waals surface area contributed by atoms with Crippen LogP contribution in [-0.4, -0.2) is 35.6 Å². The molecule has 3 aliphatic carbocycles. The van der Waals surface area contributed by atoms with Crippen molar-refractivity contribution >= 4 is 5.91 Å². The Morgan fingerprint density at radius 3 is 2.52 bits per heavy atom. The van der Waals surface area contributed by atoms with Gasteiger partial charge < -0.3 is 10.0 Å². The summed E-state index contributed by atoms with van der Waals surface area (Å²) in [6, 6.07) is 0.462. The average molecular weight is 319 g/mol. The third-order valence-corrected chi connectivity index (χ3v) is 8.97. The Hall–Kier alpha value is -0.570. The minimum absolute atomic E-state index is 0.324. The predicted molar refractivity (Wildman–Crippen MR) is 90.8 cm³/mol. The zero-order chi connectivity index (χ0) is 16.4. The number of aliphatic hydroxyl groups excluding tert-OH is 1. The molecule has 1 heterocycles. The fourth-order valence-corrected chi connectivity index (χ4v) is 7.56. The predicted octanol–water partition coefficient (Wildman–Crippen LogP) is 3.46. The first-order valence-electron chi connectivity index (χ1n) is 9.78. The van der Waals surface area contributed by atoms with Crippen molar-refractivity contribution in [2.75, 3.05) is 13.7 Å². The molecule has 0 aromatic rings.